The molecule has 0 unspecified atom stereocenters. The van der Waals surface area contributed by atoms with Gasteiger partial charge in [-0.3, -0.25) is 4.79 Å². The van der Waals surface area contributed by atoms with Crippen LogP contribution in [0.1, 0.15) is 15.9 Å². The number of urea groups is 1. The van der Waals surface area contributed by atoms with Gasteiger partial charge < -0.3 is 15.0 Å². The van der Waals surface area contributed by atoms with Gasteiger partial charge in [-0.25, -0.2) is 4.79 Å². The smallest absolute Gasteiger partial charge is 0.322 e. The number of morpholine rings is 1. The first-order chi connectivity index (χ1) is 12.0. The number of benzene rings is 2. The Morgan fingerprint density at radius 2 is 1.68 bits per heavy atom. The van der Waals surface area contributed by atoms with Gasteiger partial charge in [0, 0.05) is 34.9 Å². The highest BCUT2D eigenvalue weighted by Gasteiger charge is 2.18. The predicted molar refractivity (Wildman–Crippen MR) is 97.7 cm³/mol. The number of nitrogens with zero attached hydrogens (tertiary/aromatic N) is 1. The Labute approximate surface area is 155 Å². The minimum Gasteiger partial charge on any atom is -0.378 e. The third-order valence-corrected chi connectivity index (χ3v) is 4.43. The van der Waals surface area contributed by atoms with Crippen molar-refractivity contribution in [1.82, 2.24) is 4.90 Å². The van der Waals surface area contributed by atoms with Crippen LogP contribution in [0.3, 0.4) is 0 Å². The van der Waals surface area contributed by atoms with Gasteiger partial charge in [-0.2, -0.15) is 0 Å². The number of hydrogen-bond acceptors (Lipinski definition) is 3. The van der Waals surface area contributed by atoms with E-state index in [-0.39, 0.29) is 16.8 Å². The summed E-state index contributed by atoms with van der Waals surface area (Å²) in [6.45, 7) is 2.16. The Kier molecular flexibility index (Phi) is 5.58. The number of carbonyl (C=O) groups excluding carboxylic acids is 2. The zero-order valence-electron chi connectivity index (χ0n) is 13.3. The zero-order chi connectivity index (χ0) is 17.8. The lowest BCUT2D eigenvalue weighted by atomic mass is 10.0. The summed E-state index contributed by atoms with van der Waals surface area (Å²) in [5.41, 5.74) is 1.40. The second-order valence-corrected chi connectivity index (χ2v) is 6.40. The number of rotatable bonds is 3. The average Bonchev–Trinajstić information content (AvgIpc) is 2.62. The van der Waals surface area contributed by atoms with Gasteiger partial charge in [0.1, 0.15) is 0 Å². The van der Waals surface area contributed by atoms with Crippen molar-refractivity contribution in [2.75, 3.05) is 31.6 Å². The van der Waals surface area contributed by atoms with Gasteiger partial charge in [-0.15, -0.1) is 0 Å². The van der Waals surface area contributed by atoms with E-state index in [0.29, 0.717) is 48.1 Å². The highest BCUT2D eigenvalue weighted by Crippen LogP contribution is 2.24. The second kappa shape index (κ2) is 7.87. The highest BCUT2D eigenvalue weighted by atomic mass is 35.5. The minimum atomic E-state index is -0.212. The van der Waals surface area contributed by atoms with Gasteiger partial charge in [0.15, 0.2) is 5.78 Å². The Morgan fingerprint density at radius 3 is 2.32 bits per heavy atom. The van der Waals surface area contributed by atoms with Crippen LogP contribution in [0.4, 0.5) is 10.5 Å². The van der Waals surface area contributed by atoms with Crippen molar-refractivity contribution >= 4 is 40.7 Å². The van der Waals surface area contributed by atoms with Crippen molar-refractivity contribution < 1.29 is 14.3 Å². The van der Waals surface area contributed by atoms with E-state index in [1.165, 1.54) is 0 Å². The molecule has 5 nitrogen and oxygen atoms in total. The molecule has 0 radical (unpaired) electrons. The summed E-state index contributed by atoms with van der Waals surface area (Å²) < 4.78 is 5.22. The molecule has 0 spiro atoms. The molecule has 2 aromatic carbocycles. The number of nitrogens with one attached hydrogen (secondary N) is 1. The van der Waals surface area contributed by atoms with E-state index >= 15 is 0 Å². The first-order valence-electron chi connectivity index (χ1n) is 7.78. The first kappa shape index (κ1) is 17.7. The molecular formula is C18H16Cl2N2O3. The molecular weight excluding hydrogens is 363 g/mol. The molecule has 1 fully saturated rings. The number of anilines is 1. The lowest BCUT2D eigenvalue weighted by Gasteiger charge is -2.27. The molecule has 1 heterocycles. The summed E-state index contributed by atoms with van der Waals surface area (Å²) in [5.74, 6) is -0.201. The number of ketones is 1. The summed E-state index contributed by atoms with van der Waals surface area (Å²) in [7, 11) is 0. The van der Waals surface area contributed by atoms with Crippen molar-refractivity contribution in [3.63, 3.8) is 0 Å². The van der Waals surface area contributed by atoms with Crippen LogP contribution in [0.25, 0.3) is 0 Å². The summed E-state index contributed by atoms with van der Waals surface area (Å²) in [6.07, 6.45) is 0. The highest BCUT2D eigenvalue weighted by molar-refractivity contribution is 6.35. The van der Waals surface area contributed by atoms with Gasteiger partial charge >= 0.3 is 6.03 Å². The SMILES string of the molecule is O=C(c1ccc(Cl)cc1)c1ccc(NC(=O)N2CCOCC2)cc1Cl. The van der Waals surface area contributed by atoms with Gasteiger partial charge in [-0.1, -0.05) is 23.2 Å². The molecule has 1 aliphatic heterocycles. The maximum Gasteiger partial charge on any atom is 0.322 e. The van der Waals surface area contributed by atoms with E-state index in [2.05, 4.69) is 5.32 Å². The van der Waals surface area contributed by atoms with Crippen LogP contribution in [0.2, 0.25) is 10.0 Å². The summed E-state index contributed by atoms with van der Waals surface area (Å²) in [6, 6.07) is 11.2. The van der Waals surface area contributed by atoms with E-state index in [0.717, 1.165) is 0 Å². The van der Waals surface area contributed by atoms with Crippen LogP contribution in [-0.2, 0) is 4.74 Å². The summed E-state index contributed by atoms with van der Waals surface area (Å²) in [4.78, 5) is 26.4. The van der Waals surface area contributed by atoms with Gasteiger partial charge in [-0.05, 0) is 42.5 Å². The van der Waals surface area contributed by atoms with Crippen LogP contribution in [0.15, 0.2) is 42.5 Å². The molecule has 0 aliphatic carbocycles. The fourth-order valence-electron chi connectivity index (χ4n) is 2.50. The monoisotopic (exact) mass is 378 g/mol. The molecule has 0 bridgehead atoms. The van der Waals surface area contributed by atoms with Crippen LogP contribution in [0.5, 0.6) is 0 Å². The van der Waals surface area contributed by atoms with Crippen molar-refractivity contribution in [2.24, 2.45) is 0 Å². The first-order valence-corrected chi connectivity index (χ1v) is 8.53. The molecule has 7 heteroatoms. The Balaban J connectivity index is 1.73. The number of halogens is 2. The molecule has 2 amide bonds. The molecule has 25 heavy (non-hydrogen) atoms. The zero-order valence-corrected chi connectivity index (χ0v) is 14.8. The molecule has 0 aromatic heterocycles. The Bertz CT molecular complexity index is 787. The Morgan fingerprint density at radius 1 is 1.00 bits per heavy atom. The quantitative estimate of drug-likeness (QED) is 0.818. The topological polar surface area (TPSA) is 58.6 Å². The maximum absolute atomic E-state index is 12.5. The normalized spacial score (nSPS) is 14.2. The van der Waals surface area contributed by atoms with E-state index in [4.69, 9.17) is 27.9 Å². The van der Waals surface area contributed by atoms with Crippen LogP contribution < -0.4 is 5.32 Å². The van der Waals surface area contributed by atoms with E-state index in [1.54, 1.807) is 47.4 Å². The van der Waals surface area contributed by atoms with Crippen molar-refractivity contribution in [2.45, 2.75) is 0 Å². The molecule has 1 saturated heterocycles. The molecule has 3 rings (SSSR count). The maximum atomic E-state index is 12.5. The van der Waals surface area contributed by atoms with E-state index < -0.39 is 0 Å². The van der Waals surface area contributed by atoms with E-state index in [1.807, 2.05) is 0 Å². The lowest BCUT2D eigenvalue weighted by molar-refractivity contribution is 0.0564. The largest absolute Gasteiger partial charge is 0.378 e. The van der Waals surface area contributed by atoms with Gasteiger partial charge in [0.2, 0.25) is 0 Å². The van der Waals surface area contributed by atoms with Crippen LogP contribution in [0, 0.1) is 0 Å². The predicted octanol–water partition coefficient (Wildman–Crippen LogP) is 4.09. The van der Waals surface area contributed by atoms with Gasteiger partial charge in [0.25, 0.3) is 0 Å². The minimum absolute atomic E-state index is 0.201. The molecule has 0 saturated carbocycles. The van der Waals surface area contributed by atoms with Crippen molar-refractivity contribution in [1.29, 1.82) is 0 Å². The van der Waals surface area contributed by atoms with Gasteiger partial charge in [0.05, 0.1) is 18.2 Å². The fraction of sp³-hybridized carbons (Fsp3) is 0.222. The summed E-state index contributed by atoms with van der Waals surface area (Å²) in [5, 5.41) is 3.62. The molecule has 0 atom stereocenters. The van der Waals surface area contributed by atoms with Crippen LogP contribution in [-0.4, -0.2) is 43.0 Å². The number of ether oxygens (including phenoxy) is 1. The third-order valence-electron chi connectivity index (χ3n) is 3.87. The Hall–Kier alpha value is -2.08. The molecule has 1 aliphatic rings. The van der Waals surface area contributed by atoms with E-state index in [9.17, 15) is 9.59 Å². The third kappa shape index (κ3) is 4.31. The summed E-state index contributed by atoms with van der Waals surface area (Å²) >= 11 is 12.1. The standard InChI is InChI=1S/C18H16Cl2N2O3/c19-13-3-1-12(2-4-13)17(23)15-6-5-14(11-16(15)20)21-18(24)22-7-9-25-10-8-22/h1-6,11H,7-10H2,(H,21,24). The molecule has 1 N–H and O–H groups in total. The average molecular weight is 379 g/mol. The second-order valence-electron chi connectivity index (χ2n) is 5.56. The number of hydrogen-bond donors (Lipinski definition) is 1. The number of carbonyl (C=O) groups is 2. The van der Waals surface area contributed by atoms with Crippen molar-refractivity contribution in [3.05, 3.63) is 63.6 Å². The lowest BCUT2D eigenvalue weighted by Crippen LogP contribution is -2.43. The van der Waals surface area contributed by atoms with Crippen LogP contribution >= 0.6 is 23.2 Å². The molecule has 130 valence electrons. The number of amides is 2. The molecule has 2 aromatic rings. The fourth-order valence-corrected chi connectivity index (χ4v) is 2.90. The van der Waals surface area contributed by atoms with Crippen molar-refractivity contribution in [3.8, 4) is 0 Å².